The van der Waals surface area contributed by atoms with Crippen LogP contribution < -0.4 is 9.54 Å². The summed E-state index contributed by atoms with van der Waals surface area (Å²) in [6.07, 6.45) is 4.62. The molecule has 0 atom stereocenters. The summed E-state index contributed by atoms with van der Waals surface area (Å²) < 4.78 is 12.9. The number of nitrogens with zero attached hydrogens (tertiary/aromatic N) is 2. The smallest absolute Gasteiger partial charge is 0.303 e. The zero-order chi connectivity index (χ0) is 22.1. The number of carbonyl (C=O) groups is 2. The van der Waals surface area contributed by atoms with E-state index in [-0.39, 0.29) is 11.4 Å². The van der Waals surface area contributed by atoms with Gasteiger partial charge < -0.3 is 14.0 Å². The molecule has 1 fully saturated rings. The summed E-state index contributed by atoms with van der Waals surface area (Å²) in [4.78, 5) is 30.7. The second-order valence-electron chi connectivity index (χ2n) is 8.65. The average Bonchev–Trinajstić information content (AvgIpc) is 3.02. The molecular formula is C22H27ClN2O4S. The number of aromatic nitrogens is 1. The van der Waals surface area contributed by atoms with Gasteiger partial charge in [0, 0.05) is 23.0 Å². The van der Waals surface area contributed by atoms with Crippen LogP contribution in [0, 0.1) is 0 Å². The summed E-state index contributed by atoms with van der Waals surface area (Å²) in [7, 11) is 1.50. The van der Waals surface area contributed by atoms with Crippen LogP contribution in [-0.4, -0.2) is 29.2 Å². The minimum atomic E-state index is -0.534. The molecule has 1 aliphatic rings. The monoisotopic (exact) mass is 450 g/mol. The van der Waals surface area contributed by atoms with Crippen molar-refractivity contribution >= 4 is 34.8 Å². The maximum atomic E-state index is 13.0. The number of benzene rings is 1. The SMILES string of the molecule is COc1ccc(Cl)cc1C(=O)/N=c1\sc(C(C)(C)C)cn1CC1(OC(C)=O)CCC1. The van der Waals surface area contributed by atoms with Crippen molar-refractivity contribution in [2.24, 2.45) is 4.99 Å². The van der Waals surface area contributed by atoms with Gasteiger partial charge in [0.1, 0.15) is 11.4 Å². The second kappa shape index (κ2) is 8.55. The molecule has 0 saturated heterocycles. The van der Waals surface area contributed by atoms with Crippen molar-refractivity contribution in [1.82, 2.24) is 4.57 Å². The molecule has 0 bridgehead atoms. The van der Waals surface area contributed by atoms with E-state index in [2.05, 4.69) is 25.8 Å². The molecule has 0 N–H and O–H groups in total. The van der Waals surface area contributed by atoms with Gasteiger partial charge in [0.15, 0.2) is 4.80 Å². The van der Waals surface area contributed by atoms with E-state index in [1.807, 2.05) is 10.8 Å². The number of amides is 1. The lowest BCUT2D eigenvalue weighted by Crippen LogP contribution is -2.46. The number of rotatable bonds is 5. The highest BCUT2D eigenvalue weighted by atomic mass is 35.5. The lowest BCUT2D eigenvalue weighted by Gasteiger charge is -2.40. The number of esters is 1. The van der Waals surface area contributed by atoms with Crippen LogP contribution in [0.4, 0.5) is 0 Å². The fourth-order valence-electron chi connectivity index (χ4n) is 3.40. The highest BCUT2D eigenvalue weighted by molar-refractivity contribution is 7.09. The van der Waals surface area contributed by atoms with E-state index >= 15 is 0 Å². The molecule has 1 heterocycles. The molecule has 1 saturated carbocycles. The molecule has 30 heavy (non-hydrogen) atoms. The van der Waals surface area contributed by atoms with Gasteiger partial charge in [0.2, 0.25) is 0 Å². The topological polar surface area (TPSA) is 69.9 Å². The molecule has 1 aliphatic carbocycles. The molecule has 0 spiro atoms. The van der Waals surface area contributed by atoms with Gasteiger partial charge in [-0.3, -0.25) is 9.59 Å². The molecule has 1 amide bonds. The quantitative estimate of drug-likeness (QED) is 0.617. The Bertz CT molecular complexity index is 1030. The Morgan fingerprint density at radius 3 is 2.53 bits per heavy atom. The van der Waals surface area contributed by atoms with Crippen LogP contribution in [-0.2, 0) is 21.5 Å². The van der Waals surface area contributed by atoms with E-state index in [0.29, 0.717) is 27.7 Å². The van der Waals surface area contributed by atoms with Crippen LogP contribution in [0.1, 0.15) is 62.2 Å². The molecule has 1 aromatic carbocycles. The van der Waals surface area contributed by atoms with Crippen molar-refractivity contribution in [1.29, 1.82) is 0 Å². The Kier molecular flexibility index (Phi) is 6.43. The van der Waals surface area contributed by atoms with E-state index in [1.165, 1.54) is 25.4 Å². The molecule has 6 nitrogen and oxygen atoms in total. The Hall–Kier alpha value is -2.12. The normalized spacial score (nSPS) is 16.1. The van der Waals surface area contributed by atoms with Gasteiger partial charge in [-0.25, -0.2) is 0 Å². The number of ether oxygens (including phenoxy) is 2. The lowest BCUT2D eigenvalue weighted by atomic mass is 9.80. The van der Waals surface area contributed by atoms with Crippen LogP contribution in [0.2, 0.25) is 5.02 Å². The molecular weight excluding hydrogens is 424 g/mol. The van der Waals surface area contributed by atoms with Gasteiger partial charge in [0.05, 0.1) is 19.2 Å². The van der Waals surface area contributed by atoms with Gasteiger partial charge in [-0.05, 0) is 42.9 Å². The van der Waals surface area contributed by atoms with E-state index in [0.717, 1.165) is 24.1 Å². The second-order valence-corrected chi connectivity index (χ2v) is 10.1. The molecule has 0 radical (unpaired) electrons. The number of methoxy groups -OCH3 is 1. The van der Waals surface area contributed by atoms with E-state index in [4.69, 9.17) is 21.1 Å². The third kappa shape index (κ3) is 4.95. The number of hydrogen-bond acceptors (Lipinski definition) is 5. The maximum Gasteiger partial charge on any atom is 0.303 e. The van der Waals surface area contributed by atoms with Crippen molar-refractivity contribution in [2.45, 2.75) is 64.5 Å². The maximum absolute atomic E-state index is 13.0. The molecule has 3 rings (SSSR count). The van der Waals surface area contributed by atoms with Crippen molar-refractivity contribution < 1.29 is 19.1 Å². The molecule has 162 valence electrons. The summed E-state index contributed by atoms with van der Waals surface area (Å²) in [5.74, 6) is -0.303. The summed E-state index contributed by atoms with van der Waals surface area (Å²) >= 11 is 7.54. The van der Waals surface area contributed by atoms with Crippen molar-refractivity contribution in [3.05, 3.63) is 44.7 Å². The molecule has 0 aliphatic heterocycles. The fourth-order valence-corrected chi connectivity index (χ4v) is 4.62. The van der Waals surface area contributed by atoms with Gasteiger partial charge in [-0.1, -0.05) is 32.4 Å². The van der Waals surface area contributed by atoms with Gasteiger partial charge in [0.25, 0.3) is 5.91 Å². The van der Waals surface area contributed by atoms with Gasteiger partial charge in [-0.15, -0.1) is 11.3 Å². The summed E-state index contributed by atoms with van der Waals surface area (Å²) in [6, 6.07) is 4.87. The highest BCUT2D eigenvalue weighted by Gasteiger charge is 2.41. The van der Waals surface area contributed by atoms with Gasteiger partial charge in [-0.2, -0.15) is 4.99 Å². The minimum Gasteiger partial charge on any atom is -0.496 e. The van der Waals surface area contributed by atoms with Crippen LogP contribution >= 0.6 is 22.9 Å². The minimum absolute atomic E-state index is 0.106. The molecule has 8 heteroatoms. The van der Waals surface area contributed by atoms with Crippen LogP contribution in [0.15, 0.2) is 29.4 Å². The van der Waals surface area contributed by atoms with E-state index in [1.54, 1.807) is 18.2 Å². The van der Waals surface area contributed by atoms with E-state index in [9.17, 15) is 9.59 Å². The van der Waals surface area contributed by atoms with Crippen molar-refractivity contribution in [2.75, 3.05) is 7.11 Å². The molecule has 0 unspecified atom stereocenters. The Labute approximate surface area is 185 Å². The summed E-state index contributed by atoms with van der Waals surface area (Å²) in [5.41, 5.74) is -0.334. The van der Waals surface area contributed by atoms with Crippen molar-refractivity contribution in [3.8, 4) is 5.75 Å². The first-order valence-electron chi connectivity index (χ1n) is 9.86. The first kappa shape index (κ1) is 22.6. The molecule has 2 aromatic rings. The Morgan fingerprint density at radius 2 is 2.00 bits per heavy atom. The van der Waals surface area contributed by atoms with Crippen molar-refractivity contribution in [3.63, 3.8) is 0 Å². The summed E-state index contributed by atoms with van der Waals surface area (Å²) in [5, 5.41) is 0.437. The number of thiazole rings is 1. The van der Waals surface area contributed by atoms with Crippen LogP contribution in [0.3, 0.4) is 0 Å². The van der Waals surface area contributed by atoms with Gasteiger partial charge >= 0.3 is 5.97 Å². The third-order valence-electron chi connectivity index (χ3n) is 5.13. The predicted octanol–water partition coefficient (Wildman–Crippen LogP) is 4.74. The number of halogens is 1. The lowest BCUT2D eigenvalue weighted by molar-refractivity contribution is -0.169. The first-order valence-corrected chi connectivity index (χ1v) is 11.1. The standard InChI is InChI=1S/C22H27ClN2O4S/c1-14(26)29-22(9-6-10-22)13-25-12-18(21(2,3)4)30-20(25)24-19(27)16-11-15(23)7-8-17(16)28-5/h7-8,11-12H,6,9-10,13H2,1-5H3/b24-20-. The average molecular weight is 451 g/mol. The first-order chi connectivity index (χ1) is 14.0. The van der Waals surface area contributed by atoms with Crippen LogP contribution in [0.5, 0.6) is 5.75 Å². The summed E-state index contributed by atoms with van der Waals surface area (Å²) in [6.45, 7) is 8.23. The number of carbonyl (C=O) groups excluding carboxylic acids is 2. The van der Waals surface area contributed by atoms with E-state index < -0.39 is 11.5 Å². The number of hydrogen-bond donors (Lipinski definition) is 0. The van der Waals surface area contributed by atoms with Crippen LogP contribution in [0.25, 0.3) is 0 Å². The fraction of sp³-hybridized carbons (Fsp3) is 0.500. The predicted molar refractivity (Wildman–Crippen MR) is 117 cm³/mol. The Balaban J connectivity index is 2.05. The molecule has 1 aromatic heterocycles. The largest absolute Gasteiger partial charge is 0.496 e. The Morgan fingerprint density at radius 1 is 1.30 bits per heavy atom. The zero-order valence-corrected chi connectivity index (χ0v) is 19.5. The third-order valence-corrected chi connectivity index (χ3v) is 6.81. The zero-order valence-electron chi connectivity index (χ0n) is 18.0. The highest BCUT2D eigenvalue weighted by Crippen LogP contribution is 2.37.